The van der Waals surface area contributed by atoms with Crippen molar-refractivity contribution in [2.45, 2.75) is 76.8 Å². The predicted octanol–water partition coefficient (Wildman–Crippen LogP) is 3.76. The van der Waals surface area contributed by atoms with Crippen molar-refractivity contribution < 1.29 is 9.53 Å². The lowest BCUT2D eigenvalue weighted by atomic mass is 9.96. The van der Waals surface area contributed by atoms with Crippen molar-refractivity contribution in [3.05, 3.63) is 0 Å². The van der Waals surface area contributed by atoms with E-state index < -0.39 is 5.54 Å². The Morgan fingerprint density at radius 2 is 2.00 bits per heavy atom. The number of hydrogen-bond acceptors (Lipinski definition) is 4. The van der Waals surface area contributed by atoms with Crippen LogP contribution < -0.4 is 5.32 Å². The summed E-state index contributed by atoms with van der Waals surface area (Å²) < 4.78 is 5.27. The maximum atomic E-state index is 12.2. The van der Waals surface area contributed by atoms with E-state index in [1.807, 2.05) is 13.8 Å². The van der Waals surface area contributed by atoms with Crippen LogP contribution in [0.1, 0.15) is 65.2 Å². The maximum Gasteiger partial charge on any atom is 0.326 e. The molecule has 2 aliphatic carbocycles. The highest BCUT2D eigenvalue weighted by Crippen LogP contribution is 2.29. The van der Waals surface area contributed by atoms with Crippen LogP contribution in [0.4, 0.5) is 0 Å². The standard InChI is InChI=1S/C17H31NO2S/c1-3-20-16(19)17(2,18-15-9-10-15)11-6-12-21-13-14-7-4-5-8-14/h14-15,18H,3-13H2,1-2H3. The molecule has 1 atom stereocenters. The molecular formula is C17H31NO2S. The molecule has 2 saturated carbocycles. The summed E-state index contributed by atoms with van der Waals surface area (Å²) in [6, 6.07) is 0.533. The first-order chi connectivity index (χ1) is 10.1. The van der Waals surface area contributed by atoms with Gasteiger partial charge in [0.05, 0.1) is 6.61 Å². The van der Waals surface area contributed by atoms with Gasteiger partial charge in [0.2, 0.25) is 0 Å². The van der Waals surface area contributed by atoms with E-state index in [0.717, 1.165) is 24.5 Å². The fourth-order valence-corrected chi connectivity index (χ4v) is 4.34. The molecule has 1 N–H and O–H groups in total. The Balaban J connectivity index is 1.66. The van der Waals surface area contributed by atoms with Crippen LogP contribution in [0.5, 0.6) is 0 Å². The van der Waals surface area contributed by atoms with E-state index in [1.54, 1.807) is 0 Å². The van der Waals surface area contributed by atoms with Crippen molar-refractivity contribution in [1.29, 1.82) is 0 Å². The first-order valence-electron chi connectivity index (χ1n) is 8.66. The van der Waals surface area contributed by atoms with Gasteiger partial charge in [-0.1, -0.05) is 12.8 Å². The van der Waals surface area contributed by atoms with Gasteiger partial charge in [0.25, 0.3) is 0 Å². The highest BCUT2D eigenvalue weighted by atomic mass is 32.2. The molecule has 1 unspecified atom stereocenters. The number of nitrogens with one attached hydrogen (secondary N) is 1. The quantitative estimate of drug-likeness (QED) is 0.492. The topological polar surface area (TPSA) is 38.3 Å². The van der Waals surface area contributed by atoms with E-state index in [1.165, 1.54) is 44.3 Å². The van der Waals surface area contributed by atoms with Crippen LogP contribution in [0.15, 0.2) is 0 Å². The number of hydrogen-bond donors (Lipinski definition) is 1. The van der Waals surface area contributed by atoms with E-state index in [4.69, 9.17) is 4.74 Å². The van der Waals surface area contributed by atoms with Crippen molar-refractivity contribution in [2.75, 3.05) is 18.1 Å². The summed E-state index contributed by atoms with van der Waals surface area (Å²) in [5.74, 6) is 3.36. The summed E-state index contributed by atoms with van der Waals surface area (Å²) in [7, 11) is 0. The highest BCUT2D eigenvalue weighted by Gasteiger charge is 2.39. The molecule has 0 aromatic heterocycles. The lowest BCUT2D eigenvalue weighted by molar-refractivity contribution is -0.151. The third kappa shape index (κ3) is 5.82. The highest BCUT2D eigenvalue weighted by molar-refractivity contribution is 7.99. The molecular weight excluding hydrogens is 282 g/mol. The minimum absolute atomic E-state index is 0.0716. The smallest absolute Gasteiger partial charge is 0.326 e. The number of rotatable bonds is 10. The zero-order chi connectivity index (χ0) is 15.1. The molecule has 0 aromatic carbocycles. The fraction of sp³-hybridized carbons (Fsp3) is 0.941. The molecule has 0 radical (unpaired) electrons. The van der Waals surface area contributed by atoms with Gasteiger partial charge in [0.1, 0.15) is 5.54 Å². The molecule has 0 spiro atoms. The Kier molecular flexibility index (Phi) is 6.87. The van der Waals surface area contributed by atoms with Crippen LogP contribution in [0.25, 0.3) is 0 Å². The number of carbonyl (C=O) groups excluding carboxylic acids is 1. The van der Waals surface area contributed by atoms with E-state index >= 15 is 0 Å². The van der Waals surface area contributed by atoms with Crippen LogP contribution in [-0.2, 0) is 9.53 Å². The molecule has 3 nitrogen and oxygen atoms in total. The Bertz CT molecular complexity index is 327. The molecule has 4 heteroatoms. The molecule has 21 heavy (non-hydrogen) atoms. The van der Waals surface area contributed by atoms with Gasteiger partial charge in [-0.3, -0.25) is 10.1 Å². The third-order valence-electron chi connectivity index (χ3n) is 4.62. The Labute approximate surface area is 134 Å². The molecule has 2 fully saturated rings. The lowest BCUT2D eigenvalue weighted by Gasteiger charge is -2.28. The molecule has 0 aromatic rings. The molecule has 0 heterocycles. The maximum absolute atomic E-state index is 12.2. The van der Waals surface area contributed by atoms with Crippen molar-refractivity contribution in [3.63, 3.8) is 0 Å². The van der Waals surface area contributed by atoms with Gasteiger partial charge in [-0.2, -0.15) is 11.8 Å². The predicted molar refractivity (Wildman–Crippen MR) is 89.7 cm³/mol. The van der Waals surface area contributed by atoms with Crippen LogP contribution in [0.3, 0.4) is 0 Å². The monoisotopic (exact) mass is 313 g/mol. The SMILES string of the molecule is CCOC(=O)C(C)(CCCSCC1CCCC1)NC1CC1. The van der Waals surface area contributed by atoms with Gasteiger partial charge in [0.15, 0.2) is 0 Å². The van der Waals surface area contributed by atoms with Crippen molar-refractivity contribution >= 4 is 17.7 Å². The normalized spacial score (nSPS) is 22.2. The number of carbonyl (C=O) groups is 1. The molecule has 2 rings (SSSR count). The first-order valence-corrected chi connectivity index (χ1v) is 9.82. The minimum Gasteiger partial charge on any atom is -0.465 e. The van der Waals surface area contributed by atoms with Gasteiger partial charge in [-0.15, -0.1) is 0 Å². The summed E-state index contributed by atoms with van der Waals surface area (Å²) in [4.78, 5) is 12.2. The van der Waals surface area contributed by atoms with E-state index in [-0.39, 0.29) is 5.97 Å². The Hall–Kier alpha value is -0.220. The van der Waals surface area contributed by atoms with Gasteiger partial charge in [-0.25, -0.2) is 0 Å². The van der Waals surface area contributed by atoms with E-state index in [9.17, 15) is 4.79 Å². The second kappa shape index (κ2) is 8.42. The Morgan fingerprint density at radius 3 is 2.62 bits per heavy atom. The molecule has 0 amide bonds. The minimum atomic E-state index is -0.481. The zero-order valence-electron chi connectivity index (χ0n) is 13.7. The van der Waals surface area contributed by atoms with Crippen LogP contribution in [-0.4, -0.2) is 35.7 Å². The van der Waals surface area contributed by atoms with Gasteiger partial charge >= 0.3 is 5.97 Å². The number of thioether (sulfide) groups is 1. The van der Waals surface area contributed by atoms with Gasteiger partial charge < -0.3 is 4.74 Å². The molecule has 0 aliphatic heterocycles. The number of esters is 1. The van der Waals surface area contributed by atoms with Gasteiger partial charge in [0, 0.05) is 6.04 Å². The summed E-state index contributed by atoms with van der Waals surface area (Å²) in [6.07, 6.45) is 10.1. The Morgan fingerprint density at radius 1 is 1.29 bits per heavy atom. The summed E-state index contributed by atoms with van der Waals surface area (Å²) in [5, 5.41) is 3.50. The number of ether oxygens (including phenoxy) is 1. The second-order valence-corrected chi connectivity index (χ2v) is 7.95. The first kappa shape index (κ1) is 17.1. The van der Waals surface area contributed by atoms with Crippen LogP contribution in [0, 0.1) is 5.92 Å². The zero-order valence-corrected chi connectivity index (χ0v) is 14.5. The van der Waals surface area contributed by atoms with E-state index in [2.05, 4.69) is 17.1 Å². The largest absolute Gasteiger partial charge is 0.465 e. The van der Waals surface area contributed by atoms with Gasteiger partial charge in [-0.05, 0) is 69.8 Å². The average Bonchev–Trinajstić information content (AvgIpc) is 3.11. The molecule has 0 saturated heterocycles. The molecule has 2 aliphatic rings. The van der Waals surface area contributed by atoms with Crippen LogP contribution in [0.2, 0.25) is 0 Å². The van der Waals surface area contributed by atoms with Crippen molar-refractivity contribution in [1.82, 2.24) is 5.32 Å². The van der Waals surface area contributed by atoms with Crippen LogP contribution >= 0.6 is 11.8 Å². The fourth-order valence-electron chi connectivity index (χ4n) is 3.16. The third-order valence-corrected chi connectivity index (χ3v) is 5.90. The summed E-state index contributed by atoms with van der Waals surface area (Å²) in [6.45, 7) is 4.37. The summed E-state index contributed by atoms with van der Waals surface area (Å²) >= 11 is 2.07. The second-order valence-electron chi connectivity index (χ2n) is 6.80. The molecule has 0 bridgehead atoms. The lowest BCUT2D eigenvalue weighted by Crippen LogP contribution is -2.51. The molecule has 122 valence electrons. The van der Waals surface area contributed by atoms with Crippen molar-refractivity contribution in [2.24, 2.45) is 5.92 Å². The average molecular weight is 314 g/mol. The van der Waals surface area contributed by atoms with Crippen molar-refractivity contribution in [3.8, 4) is 0 Å². The van der Waals surface area contributed by atoms with E-state index in [0.29, 0.717) is 12.6 Å². The summed E-state index contributed by atoms with van der Waals surface area (Å²) in [5.41, 5.74) is -0.481.